The molecule has 0 heterocycles. The lowest BCUT2D eigenvalue weighted by Gasteiger charge is -2.46. The van der Waals surface area contributed by atoms with E-state index in [0.29, 0.717) is 18.6 Å². The minimum Gasteiger partial charge on any atom is -0.467 e. The van der Waals surface area contributed by atoms with Gasteiger partial charge in [0.2, 0.25) is 0 Å². The number of carbonyl (C=O) groups is 1. The number of methoxy groups -OCH3 is 1. The first-order valence-electron chi connectivity index (χ1n) is 8.24. The number of aliphatic imine (C=N–C) groups is 1. The number of rotatable bonds is 2. The molecule has 0 N–H and O–H groups in total. The molecular weight excluding hydrogens is 357 g/mol. The predicted molar refractivity (Wildman–Crippen MR) is 96.9 cm³/mol. The van der Waals surface area contributed by atoms with Crippen LogP contribution in [0.15, 0.2) is 4.99 Å². The lowest BCUT2D eigenvalue weighted by atomic mass is 9.67. The van der Waals surface area contributed by atoms with Crippen LogP contribution < -0.4 is 0 Å². The lowest BCUT2D eigenvalue weighted by Crippen LogP contribution is -2.57. The molecule has 0 aromatic rings. The number of nitrogens with zero attached hydrogens (tertiary/aromatic N) is 1. The molecule has 6 heteroatoms. The molecule has 2 rings (SSSR count). The SMILES string of the molecule is COC(=O)C1(Cl)CC(C(C)(C)C)CC(Cl)(Cl)C1=NC1CCCC1. The third kappa shape index (κ3) is 3.99. The van der Waals surface area contributed by atoms with E-state index in [1.54, 1.807) is 0 Å². The van der Waals surface area contributed by atoms with Gasteiger partial charge < -0.3 is 4.74 Å². The van der Waals surface area contributed by atoms with E-state index in [1.165, 1.54) is 7.11 Å². The molecule has 0 saturated heterocycles. The van der Waals surface area contributed by atoms with Gasteiger partial charge in [-0.25, -0.2) is 4.79 Å². The van der Waals surface area contributed by atoms with Crippen LogP contribution in [0.4, 0.5) is 0 Å². The van der Waals surface area contributed by atoms with Crippen molar-refractivity contribution in [3.05, 3.63) is 0 Å². The molecule has 2 aliphatic carbocycles. The summed E-state index contributed by atoms with van der Waals surface area (Å²) in [5, 5.41) is 0. The minimum absolute atomic E-state index is 0.0674. The van der Waals surface area contributed by atoms with Gasteiger partial charge in [0.05, 0.1) is 18.9 Å². The van der Waals surface area contributed by atoms with Gasteiger partial charge in [-0.1, -0.05) is 68.4 Å². The Balaban J connectivity index is 2.46. The Labute approximate surface area is 154 Å². The maximum Gasteiger partial charge on any atom is 0.332 e. The molecule has 0 aromatic heterocycles. The van der Waals surface area contributed by atoms with Crippen LogP contribution in [0.2, 0.25) is 0 Å². The summed E-state index contributed by atoms with van der Waals surface area (Å²) >= 11 is 20.1. The van der Waals surface area contributed by atoms with Gasteiger partial charge in [-0.15, -0.1) is 0 Å². The maximum absolute atomic E-state index is 12.5. The maximum atomic E-state index is 12.5. The molecule has 0 aromatic carbocycles. The Morgan fingerprint density at radius 1 is 1.17 bits per heavy atom. The molecule has 0 radical (unpaired) electrons. The van der Waals surface area contributed by atoms with E-state index in [2.05, 4.69) is 20.8 Å². The van der Waals surface area contributed by atoms with Gasteiger partial charge in [-0.2, -0.15) is 0 Å². The summed E-state index contributed by atoms with van der Waals surface area (Å²) in [4.78, 5) is 15.8. The van der Waals surface area contributed by atoms with Gasteiger partial charge in [0.15, 0.2) is 9.21 Å². The third-order valence-corrected chi connectivity index (χ3v) is 6.28. The molecular formula is C17H26Cl3NO2. The molecule has 132 valence electrons. The molecule has 2 atom stereocenters. The summed E-state index contributed by atoms with van der Waals surface area (Å²) < 4.78 is 3.73. The molecule has 2 unspecified atom stereocenters. The van der Waals surface area contributed by atoms with Gasteiger partial charge in [0, 0.05) is 0 Å². The van der Waals surface area contributed by atoms with Crippen LogP contribution in [0.25, 0.3) is 0 Å². The van der Waals surface area contributed by atoms with Crippen molar-refractivity contribution >= 4 is 46.5 Å². The Kier molecular flexibility index (Phi) is 5.65. The van der Waals surface area contributed by atoms with E-state index in [0.717, 1.165) is 25.7 Å². The summed E-state index contributed by atoms with van der Waals surface area (Å²) in [6, 6.07) is 0.149. The van der Waals surface area contributed by atoms with Crippen LogP contribution in [0.1, 0.15) is 59.3 Å². The second-order valence-electron chi connectivity index (χ2n) is 7.88. The topological polar surface area (TPSA) is 38.7 Å². The molecule has 2 saturated carbocycles. The highest BCUT2D eigenvalue weighted by atomic mass is 35.5. The van der Waals surface area contributed by atoms with Crippen LogP contribution >= 0.6 is 34.8 Å². The summed E-state index contributed by atoms with van der Waals surface area (Å²) in [6.45, 7) is 6.32. The number of esters is 1. The van der Waals surface area contributed by atoms with E-state index in [4.69, 9.17) is 44.5 Å². The van der Waals surface area contributed by atoms with Gasteiger partial charge in [-0.05, 0) is 37.0 Å². The Hall–Kier alpha value is 0.01000. The summed E-state index contributed by atoms with van der Waals surface area (Å²) in [5.74, 6) is -0.424. The second-order valence-corrected chi connectivity index (χ2v) is 10.0. The Bertz CT molecular complexity index is 493. The molecule has 0 amide bonds. The zero-order chi connectivity index (χ0) is 17.5. The van der Waals surface area contributed by atoms with Crippen molar-refractivity contribution in [3.63, 3.8) is 0 Å². The first-order chi connectivity index (χ1) is 10.5. The lowest BCUT2D eigenvalue weighted by molar-refractivity contribution is -0.142. The van der Waals surface area contributed by atoms with Crippen LogP contribution in [0.3, 0.4) is 0 Å². The van der Waals surface area contributed by atoms with E-state index >= 15 is 0 Å². The highest BCUT2D eigenvalue weighted by Gasteiger charge is 2.58. The first-order valence-corrected chi connectivity index (χ1v) is 9.38. The van der Waals surface area contributed by atoms with Crippen LogP contribution in [-0.2, 0) is 9.53 Å². The highest BCUT2D eigenvalue weighted by Crippen LogP contribution is 2.52. The standard InChI is InChI=1S/C17H26Cl3NO2/c1-15(2,3)11-9-16(18,14(22)23-4)13(17(19,20)10-11)21-12-7-5-6-8-12/h11-12H,5-10H2,1-4H3. The summed E-state index contributed by atoms with van der Waals surface area (Å²) in [5.41, 5.74) is 0.316. The van der Waals surface area contributed by atoms with Crippen molar-refractivity contribution in [2.45, 2.75) is 74.5 Å². The van der Waals surface area contributed by atoms with E-state index in [-0.39, 0.29) is 17.4 Å². The normalized spacial score (nSPS) is 33.9. The van der Waals surface area contributed by atoms with Gasteiger partial charge in [0.25, 0.3) is 0 Å². The Morgan fingerprint density at radius 2 is 1.74 bits per heavy atom. The molecule has 0 aliphatic heterocycles. The van der Waals surface area contributed by atoms with Crippen LogP contribution in [-0.4, -0.2) is 34.0 Å². The minimum atomic E-state index is -1.38. The van der Waals surface area contributed by atoms with Crippen molar-refractivity contribution in [2.75, 3.05) is 7.11 Å². The predicted octanol–water partition coefficient (Wildman–Crippen LogP) is 5.15. The molecule has 2 aliphatic rings. The largest absolute Gasteiger partial charge is 0.467 e. The average molecular weight is 383 g/mol. The van der Waals surface area contributed by atoms with Crippen LogP contribution in [0, 0.1) is 11.3 Å². The number of alkyl halides is 3. The van der Waals surface area contributed by atoms with Crippen molar-refractivity contribution < 1.29 is 9.53 Å². The Morgan fingerprint density at radius 3 is 2.22 bits per heavy atom. The summed E-state index contributed by atoms with van der Waals surface area (Å²) in [6.07, 6.45) is 5.23. The van der Waals surface area contributed by atoms with Gasteiger partial charge >= 0.3 is 5.97 Å². The molecule has 23 heavy (non-hydrogen) atoms. The zero-order valence-corrected chi connectivity index (χ0v) is 16.6. The number of halogens is 3. The van der Waals surface area contributed by atoms with Crippen molar-refractivity contribution in [2.24, 2.45) is 16.3 Å². The smallest absolute Gasteiger partial charge is 0.332 e. The van der Waals surface area contributed by atoms with E-state index in [1.807, 2.05) is 0 Å². The fourth-order valence-electron chi connectivity index (χ4n) is 3.57. The number of carbonyl (C=O) groups excluding carboxylic acids is 1. The third-order valence-electron chi connectivity index (χ3n) is 5.12. The van der Waals surface area contributed by atoms with E-state index < -0.39 is 15.2 Å². The fraction of sp³-hybridized carbons (Fsp3) is 0.882. The molecule has 2 fully saturated rings. The number of hydrogen-bond donors (Lipinski definition) is 0. The van der Waals surface area contributed by atoms with Gasteiger partial charge in [0.1, 0.15) is 0 Å². The summed E-state index contributed by atoms with van der Waals surface area (Å²) in [7, 11) is 1.34. The fourth-order valence-corrected chi connectivity index (χ4v) is 4.93. The first kappa shape index (κ1) is 19.3. The highest BCUT2D eigenvalue weighted by molar-refractivity contribution is 6.65. The van der Waals surface area contributed by atoms with Crippen molar-refractivity contribution in [3.8, 4) is 0 Å². The average Bonchev–Trinajstić information content (AvgIpc) is 2.93. The van der Waals surface area contributed by atoms with Crippen molar-refractivity contribution in [1.82, 2.24) is 0 Å². The second kappa shape index (κ2) is 6.72. The van der Waals surface area contributed by atoms with Crippen molar-refractivity contribution in [1.29, 1.82) is 0 Å². The van der Waals surface area contributed by atoms with E-state index in [9.17, 15) is 4.79 Å². The molecule has 0 spiro atoms. The molecule has 0 bridgehead atoms. The monoisotopic (exact) mass is 381 g/mol. The number of hydrogen-bond acceptors (Lipinski definition) is 3. The number of ether oxygens (including phenoxy) is 1. The quantitative estimate of drug-likeness (QED) is 0.489. The van der Waals surface area contributed by atoms with Crippen LogP contribution in [0.5, 0.6) is 0 Å². The zero-order valence-electron chi connectivity index (χ0n) is 14.3. The molecule has 3 nitrogen and oxygen atoms in total. The van der Waals surface area contributed by atoms with Gasteiger partial charge in [-0.3, -0.25) is 4.99 Å².